The van der Waals surface area contributed by atoms with Crippen molar-refractivity contribution in [3.8, 4) is 0 Å². The average molecular weight is 194 g/mol. The smallest absolute Gasteiger partial charge is 0.186 e. The predicted octanol–water partition coefficient (Wildman–Crippen LogP) is 0.692. The first kappa shape index (κ1) is 8.25. The Kier molecular flexibility index (Phi) is 2.02. The van der Waals surface area contributed by atoms with Crippen LogP contribution in [0, 0.1) is 0 Å². The molecule has 68 valence electrons. The van der Waals surface area contributed by atoms with Gasteiger partial charge in [0.2, 0.25) is 0 Å². The summed E-state index contributed by atoms with van der Waals surface area (Å²) in [5.74, 6) is 0. The van der Waals surface area contributed by atoms with Crippen molar-refractivity contribution in [2.75, 3.05) is 13.7 Å². The number of hydrogen-bond donors (Lipinski definition) is 0. The number of nitrogens with zero attached hydrogens (tertiary/aromatic N) is 4. The Balaban J connectivity index is 2.11. The van der Waals surface area contributed by atoms with Crippen LogP contribution in [0.3, 0.4) is 0 Å². The number of thiocarbonyl (C=S) groups is 1. The summed E-state index contributed by atoms with van der Waals surface area (Å²) in [6.07, 6.45) is 9.21. The van der Waals surface area contributed by atoms with Crippen LogP contribution in [0.25, 0.3) is 0 Å². The maximum Gasteiger partial charge on any atom is 0.186 e. The van der Waals surface area contributed by atoms with Gasteiger partial charge >= 0.3 is 0 Å². The topological polar surface area (TPSA) is 24.3 Å². The largest absolute Gasteiger partial charge is 0.361 e. The highest BCUT2D eigenvalue weighted by atomic mass is 32.1. The molecule has 0 radical (unpaired) electrons. The first-order valence-electron chi connectivity index (χ1n) is 3.95. The van der Waals surface area contributed by atoms with Crippen molar-refractivity contribution in [2.45, 2.75) is 0 Å². The van der Waals surface area contributed by atoms with Gasteiger partial charge in [0.25, 0.3) is 0 Å². The number of hydrogen-bond acceptors (Lipinski definition) is 3. The maximum absolute atomic E-state index is 5.26. The van der Waals surface area contributed by atoms with E-state index in [9.17, 15) is 0 Å². The zero-order chi connectivity index (χ0) is 9.26. The molecule has 2 heterocycles. The molecule has 0 atom stereocenters. The van der Waals surface area contributed by atoms with E-state index < -0.39 is 0 Å². The summed E-state index contributed by atoms with van der Waals surface area (Å²) in [6.45, 7) is 0.803. The monoisotopic (exact) mass is 194 g/mol. The molecule has 0 fully saturated rings. The van der Waals surface area contributed by atoms with Gasteiger partial charge in [0.1, 0.15) is 6.33 Å². The van der Waals surface area contributed by atoms with Crippen molar-refractivity contribution >= 4 is 17.3 Å². The fourth-order valence-corrected chi connectivity index (χ4v) is 1.40. The van der Waals surface area contributed by atoms with Gasteiger partial charge in [-0.2, -0.15) is 0 Å². The second-order valence-corrected chi connectivity index (χ2v) is 3.28. The van der Waals surface area contributed by atoms with E-state index in [0.717, 1.165) is 11.8 Å². The third-order valence-corrected chi connectivity index (χ3v) is 2.29. The molecule has 0 aromatic carbocycles. The summed E-state index contributed by atoms with van der Waals surface area (Å²) in [5.41, 5.74) is 0. The molecule has 1 aromatic rings. The van der Waals surface area contributed by atoms with Crippen LogP contribution in [-0.2, 0) is 0 Å². The summed E-state index contributed by atoms with van der Waals surface area (Å²) in [7, 11) is 2.01. The third kappa shape index (κ3) is 1.55. The fraction of sp³-hybridized carbons (Fsp3) is 0.250. The SMILES string of the molecule is CN1C=CN(C(=S)n2ccnc2)C1. The Bertz CT molecular complexity index is 330. The van der Waals surface area contributed by atoms with Gasteiger partial charge in [-0.05, 0) is 12.2 Å². The Morgan fingerprint density at radius 1 is 1.46 bits per heavy atom. The quantitative estimate of drug-likeness (QED) is 0.567. The zero-order valence-corrected chi connectivity index (χ0v) is 8.11. The highest BCUT2D eigenvalue weighted by molar-refractivity contribution is 7.80. The average Bonchev–Trinajstić information content (AvgIpc) is 2.72. The lowest BCUT2D eigenvalue weighted by atomic mass is 10.7. The second kappa shape index (κ2) is 3.18. The molecule has 0 amide bonds. The minimum atomic E-state index is 0.748. The van der Waals surface area contributed by atoms with E-state index in [4.69, 9.17) is 12.2 Å². The van der Waals surface area contributed by atoms with E-state index in [2.05, 4.69) is 9.88 Å². The van der Waals surface area contributed by atoms with E-state index in [1.54, 1.807) is 12.5 Å². The minimum absolute atomic E-state index is 0.748. The van der Waals surface area contributed by atoms with Gasteiger partial charge in [-0.1, -0.05) is 0 Å². The van der Waals surface area contributed by atoms with Gasteiger partial charge in [0.15, 0.2) is 5.11 Å². The molecule has 1 aliphatic rings. The molecule has 0 N–H and O–H groups in total. The van der Waals surface area contributed by atoms with Crippen molar-refractivity contribution in [2.24, 2.45) is 0 Å². The van der Waals surface area contributed by atoms with Crippen molar-refractivity contribution in [3.05, 3.63) is 31.1 Å². The molecular formula is C8H10N4S. The maximum atomic E-state index is 5.26. The first-order chi connectivity index (χ1) is 6.27. The molecule has 0 saturated heterocycles. The molecule has 0 saturated carbocycles. The van der Waals surface area contributed by atoms with E-state index >= 15 is 0 Å². The Hall–Kier alpha value is -1.36. The van der Waals surface area contributed by atoms with Crippen LogP contribution >= 0.6 is 12.2 Å². The molecule has 13 heavy (non-hydrogen) atoms. The number of imidazole rings is 1. The molecule has 2 rings (SSSR count). The molecule has 0 bridgehead atoms. The van der Waals surface area contributed by atoms with Crippen molar-refractivity contribution in [1.29, 1.82) is 0 Å². The molecule has 0 aliphatic carbocycles. The zero-order valence-electron chi connectivity index (χ0n) is 7.29. The van der Waals surface area contributed by atoms with Crippen LogP contribution in [-0.4, -0.2) is 38.2 Å². The molecule has 0 spiro atoms. The standard InChI is InChI=1S/C8H10N4S/c1-10-4-5-12(7-10)8(13)11-3-2-9-6-11/h2-6H,7H2,1H3. The lowest BCUT2D eigenvalue weighted by molar-refractivity contribution is 0.384. The Labute approximate surface area is 82.1 Å². The number of rotatable bonds is 0. The molecule has 4 nitrogen and oxygen atoms in total. The Morgan fingerprint density at radius 3 is 2.85 bits per heavy atom. The summed E-state index contributed by atoms with van der Waals surface area (Å²) in [5, 5.41) is 0.748. The van der Waals surface area contributed by atoms with E-state index in [1.807, 2.05) is 35.1 Å². The summed E-state index contributed by atoms with van der Waals surface area (Å²) < 4.78 is 1.82. The normalized spacial score (nSPS) is 15.5. The van der Waals surface area contributed by atoms with Gasteiger partial charge in [0.05, 0.1) is 6.67 Å². The van der Waals surface area contributed by atoms with Crippen LogP contribution in [0.2, 0.25) is 0 Å². The van der Waals surface area contributed by atoms with E-state index in [1.165, 1.54) is 0 Å². The van der Waals surface area contributed by atoms with Gasteiger partial charge in [-0.15, -0.1) is 0 Å². The first-order valence-corrected chi connectivity index (χ1v) is 4.36. The van der Waals surface area contributed by atoms with Gasteiger partial charge in [0, 0.05) is 31.8 Å². The molecule has 1 aliphatic heterocycles. The van der Waals surface area contributed by atoms with Crippen LogP contribution in [0.1, 0.15) is 0 Å². The third-order valence-electron chi connectivity index (χ3n) is 1.85. The summed E-state index contributed by atoms with van der Waals surface area (Å²) in [4.78, 5) is 7.99. The van der Waals surface area contributed by atoms with Crippen LogP contribution in [0.15, 0.2) is 31.1 Å². The molecular weight excluding hydrogens is 184 g/mol. The van der Waals surface area contributed by atoms with E-state index in [0.29, 0.717) is 0 Å². The highest BCUT2D eigenvalue weighted by Gasteiger charge is 2.13. The Morgan fingerprint density at radius 2 is 2.31 bits per heavy atom. The predicted molar refractivity (Wildman–Crippen MR) is 53.8 cm³/mol. The van der Waals surface area contributed by atoms with Crippen molar-refractivity contribution in [1.82, 2.24) is 19.4 Å². The summed E-state index contributed by atoms with van der Waals surface area (Å²) >= 11 is 5.26. The second-order valence-electron chi connectivity index (χ2n) is 2.92. The summed E-state index contributed by atoms with van der Waals surface area (Å²) in [6, 6.07) is 0. The lowest BCUT2D eigenvalue weighted by Gasteiger charge is -2.18. The lowest BCUT2D eigenvalue weighted by Crippen LogP contribution is -2.31. The minimum Gasteiger partial charge on any atom is -0.361 e. The van der Waals surface area contributed by atoms with Gasteiger partial charge in [-0.3, -0.25) is 4.57 Å². The van der Waals surface area contributed by atoms with E-state index in [-0.39, 0.29) is 0 Å². The molecule has 5 heteroatoms. The van der Waals surface area contributed by atoms with Crippen molar-refractivity contribution < 1.29 is 0 Å². The fourth-order valence-electron chi connectivity index (χ4n) is 1.17. The van der Waals surface area contributed by atoms with Crippen molar-refractivity contribution in [3.63, 3.8) is 0 Å². The number of aromatic nitrogens is 2. The van der Waals surface area contributed by atoms with Crippen LogP contribution in [0.5, 0.6) is 0 Å². The molecule has 1 aromatic heterocycles. The van der Waals surface area contributed by atoms with Crippen LogP contribution < -0.4 is 0 Å². The highest BCUT2D eigenvalue weighted by Crippen LogP contribution is 2.06. The molecule has 0 unspecified atom stereocenters. The van der Waals surface area contributed by atoms with Gasteiger partial charge in [-0.25, -0.2) is 4.98 Å². The van der Waals surface area contributed by atoms with Gasteiger partial charge < -0.3 is 9.80 Å². The van der Waals surface area contributed by atoms with Crippen LogP contribution in [0.4, 0.5) is 0 Å².